The van der Waals surface area contributed by atoms with Crippen molar-refractivity contribution in [2.45, 2.75) is 37.8 Å². The first-order valence-electron chi connectivity index (χ1n) is 10.1. The molecule has 0 spiro atoms. The van der Waals surface area contributed by atoms with Crippen LogP contribution < -0.4 is 10.6 Å². The number of aromatic nitrogens is 2. The van der Waals surface area contributed by atoms with Gasteiger partial charge in [0.1, 0.15) is 5.69 Å². The summed E-state index contributed by atoms with van der Waals surface area (Å²) in [4.78, 5) is 26.9. The number of carbonyl (C=O) groups excluding carboxylic acids is 2. The minimum atomic E-state index is -0.0507. The Morgan fingerprint density at radius 2 is 1.86 bits per heavy atom. The molecule has 0 aliphatic carbocycles. The predicted octanol–water partition coefficient (Wildman–Crippen LogP) is 1.84. The molecule has 1 aromatic heterocycles. The first-order chi connectivity index (χ1) is 13.7. The van der Waals surface area contributed by atoms with Gasteiger partial charge in [0.05, 0.1) is 6.04 Å². The molecule has 0 bridgehead atoms. The predicted molar refractivity (Wildman–Crippen MR) is 106 cm³/mol. The van der Waals surface area contributed by atoms with E-state index in [0.717, 1.165) is 38.8 Å². The van der Waals surface area contributed by atoms with E-state index in [9.17, 15) is 9.59 Å². The molecule has 3 heterocycles. The lowest BCUT2D eigenvalue weighted by molar-refractivity contribution is 0.0691. The van der Waals surface area contributed by atoms with Crippen molar-refractivity contribution in [3.63, 3.8) is 0 Å². The van der Waals surface area contributed by atoms with Gasteiger partial charge in [-0.05, 0) is 50.4 Å². The number of benzene rings is 1. The molecule has 2 fully saturated rings. The van der Waals surface area contributed by atoms with Crippen LogP contribution in [0.2, 0.25) is 0 Å². The molecule has 2 aliphatic heterocycles. The van der Waals surface area contributed by atoms with E-state index < -0.39 is 0 Å². The highest BCUT2D eigenvalue weighted by Gasteiger charge is 2.26. The van der Waals surface area contributed by atoms with Gasteiger partial charge in [-0.2, -0.15) is 5.10 Å². The molecule has 28 heavy (non-hydrogen) atoms. The fourth-order valence-corrected chi connectivity index (χ4v) is 3.96. The van der Waals surface area contributed by atoms with Crippen LogP contribution in [0, 0.1) is 0 Å². The third kappa shape index (κ3) is 4.25. The highest BCUT2D eigenvalue weighted by atomic mass is 16.2. The Labute approximate surface area is 165 Å². The van der Waals surface area contributed by atoms with Crippen LogP contribution in [0.5, 0.6) is 0 Å². The number of hydrogen-bond acceptors (Lipinski definition) is 4. The second kappa shape index (κ2) is 8.56. The molecular formula is C21H27N5O2. The third-order valence-electron chi connectivity index (χ3n) is 5.63. The van der Waals surface area contributed by atoms with Gasteiger partial charge in [0.2, 0.25) is 0 Å². The summed E-state index contributed by atoms with van der Waals surface area (Å²) < 4.78 is 1.92. The normalized spacial score (nSPS) is 20.7. The first kappa shape index (κ1) is 18.7. The molecule has 1 unspecified atom stereocenters. The fraction of sp³-hybridized carbons (Fsp3) is 0.476. The van der Waals surface area contributed by atoms with Gasteiger partial charge in [-0.1, -0.05) is 18.2 Å². The van der Waals surface area contributed by atoms with E-state index in [1.54, 1.807) is 0 Å². The molecule has 1 aromatic carbocycles. The highest BCUT2D eigenvalue weighted by Crippen LogP contribution is 2.18. The number of amides is 2. The summed E-state index contributed by atoms with van der Waals surface area (Å²) in [6.07, 6.45) is 5.66. The standard InChI is InChI=1S/C21H27N5O2/c27-20(16-5-2-1-3-6-16)23-17-8-12-25(13-9-17)21(28)19-10-14-26(24-19)18-7-4-11-22-15-18/h1-3,5-6,10,14,17-18,22H,4,7-9,11-13,15H2,(H,23,27). The van der Waals surface area contributed by atoms with Crippen molar-refractivity contribution >= 4 is 11.8 Å². The summed E-state index contributed by atoms with van der Waals surface area (Å²) in [6, 6.07) is 11.5. The van der Waals surface area contributed by atoms with Crippen LogP contribution in [0.25, 0.3) is 0 Å². The average Bonchev–Trinajstić information content (AvgIpc) is 3.25. The SMILES string of the molecule is O=C(NC1CCN(C(=O)c2ccn(C3CCCNC3)n2)CC1)c1ccccc1. The molecule has 0 radical (unpaired) electrons. The molecule has 2 saturated heterocycles. The van der Waals surface area contributed by atoms with Crippen molar-refractivity contribution in [1.82, 2.24) is 25.3 Å². The Balaban J connectivity index is 1.29. The molecule has 4 rings (SSSR count). The second-order valence-corrected chi connectivity index (χ2v) is 7.59. The van der Waals surface area contributed by atoms with Gasteiger partial charge in [0, 0.05) is 37.4 Å². The summed E-state index contributed by atoms with van der Waals surface area (Å²) in [5.41, 5.74) is 1.18. The van der Waals surface area contributed by atoms with E-state index in [0.29, 0.717) is 30.4 Å². The maximum Gasteiger partial charge on any atom is 0.274 e. The minimum Gasteiger partial charge on any atom is -0.349 e. The topological polar surface area (TPSA) is 79.3 Å². The maximum atomic E-state index is 12.8. The van der Waals surface area contributed by atoms with Gasteiger partial charge in [-0.3, -0.25) is 14.3 Å². The van der Waals surface area contributed by atoms with Gasteiger partial charge >= 0.3 is 0 Å². The number of likely N-dealkylation sites (tertiary alicyclic amines) is 1. The van der Waals surface area contributed by atoms with Crippen molar-refractivity contribution in [3.8, 4) is 0 Å². The van der Waals surface area contributed by atoms with Gasteiger partial charge in [0.25, 0.3) is 11.8 Å². The van der Waals surface area contributed by atoms with E-state index in [1.165, 1.54) is 0 Å². The molecule has 148 valence electrons. The molecule has 1 atom stereocenters. The summed E-state index contributed by atoms with van der Waals surface area (Å²) >= 11 is 0. The number of nitrogens with zero attached hydrogens (tertiary/aromatic N) is 3. The third-order valence-corrected chi connectivity index (χ3v) is 5.63. The zero-order chi connectivity index (χ0) is 19.3. The molecule has 2 amide bonds. The lowest BCUT2D eigenvalue weighted by atomic mass is 10.0. The monoisotopic (exact) mass is 381 g/mol. The Hall–Kier alpha value is -2.67. The smallest absolute Gasteiger partial charge is 0.274 e. The van der Waals surface area contributed by atoms with Crippen LogP contribution in [0.4, 0.5) is 0 Å². The zero-order valence-corrected chi connectivity index (χ0v) is 16.0. The second-order valence-electron chi connectivity index (χ2n) is 7.59. The lowest BCUT2D eigenvalue weighted by Crippen LogP contribution is -2.46. The molecule has 7 nitrogen and oxygen atoms in total. The van der Waals surface area contributed by atoms with Crippen molar-refractivity contribution in [2.75, 3.05) is 26.2 Å². The number of hydrogen-bond donors (Lipinski definition) is 2. The first-order valence-corrected chi connectivity index (χ1v) is 10.1. The van der Waals surface area contributed by atoms with E-state index in [4.69, 9.17) is 0 Å². The molecule has 7 heteroatoms. The van der Waals surface area contributed by atoms with Gasteiger partial charge in [-0.25, -0.2) is 0 Å². The summed E-state index contributed by atoms with van der Waals surface area (Å²) in [5.74, 6) is -0.0689. The van der Waals surface area contributed by atoms with Crippen molar-refractivity contribution in [2.24, 2.45) is 0 Å². The highest BCUT2D eigenvalue weighted by molar-refractivity contribution is 5.94. The van der Waals surface area contributed by atoms with Crippen LogP contribution >= 0.6 is 0 Å². The van der Waals surface area contributed by atoms with Crippen LogP contribution in [-0.2, 0) is 0 Å². The van der Waals surface area contributed by atoms with Crippen molar-refractivity contribution in [3.05, 3.63) is 53.9 Å². The van der Waals surface area contributed by atoms with Crippen LogP contribution in [0.1, 0.15) is 52.6 Å². The Morgan fingerprint density at radius 1 is 1.07 bits per heavy atom. The number of rotatable bonds is 4. The Bertz CT molecular complexity index is 805. The van der Waals surface area contributed by atoms with E-state index in [-0.39, 0.29) is 17.9 Å². The largest absolute Gasteiger partial charge is 0.349 e. The van der Waals surface area contributed by atoms with Crippen molar-refractivity contribution < 1.29 is 9.59 Å². The quantitative estimate of drug-likeness (QED) is 0.847. The summed E-state index contributed by atoms with van der Waals surface area (Å²) in [6.45, 7) is 3.23. The minimum absolute atomic E-state index is 0.0182. The molecule has 0 saturated carbocycles. The average molecular weight is 381 g/mol. The van der Waals surface area contributed by atoms with E-state index in [2.05, 4.69) is 15.7 Å². The maximum absolute atomic E-state index is 12.8. The molecular weight excluding hydrogens is 354 g/mol. The molecule has 2 aliphatic rings. The van der Waals surface area contributed by atoms with Gasteiger partial charge in [0.15, 0.2) is 0 Å². The van der Waals surface area contributed by atoms with Crippen LogP contribution in [0.3, 0.4) is 0 Å². The lowest BCUT2D eigenvalue weighted by Gasteiger charge is -2.32. The fourth-order valence-electron chi connectivity index (χ4n) is 3.96. The van der Waals surface area contributed by atoms with Gasteiger partial charge < -0.3 is 15.5 Å². The number of carbonyl (C=O) groups is 2. The van der Waals surface area contributed by atoms with E-state index in [1.807, 2.05) is 52.2 Å². The molecule has 2 aromatic rings. The van der Waals surface area contributed by atoms with Crippen molar-refractivity contribution in [1.29, 1.82) is 0 Å². The Kier molecular flexibility index (Phi) is 5.71. The zero-order valence-electron chi connectivity index (χ0n) is 16.0. The summed E-state index contributed by atoms with van der Waals surface area (Å²) in [5, 5.41) is 11.0. The van der Waals surface area contributed by atoms with Crippen LogP contribution in [-0.4, -0.2) is 58.7 Å². The van der Waals surface area contributed by atoms with Gasteiger partial charge in [-0.15, -0.1) is 0 Å². The van der Waals surface area contributed by atoms with E-state index >= 15 is 0 Å². The number of piperidine rings is 2. The molecule has 2 N–H and O–H groups in total. The van der Waals surface area contributed by atoms with Crippen LogP contribution in [0.15, 0.2) is 42.6 Å². The summed E-state index contributed by atoms with van der Waals surface area (Å²) in [7, 11) is 0. The Morgan fingerprint density at radius 3 is 2.57 bits per heavy atom. The number of nitrogens with one attached hydrogen (secondary N) is 2.